The predicted molar refractivity (Wildman–Crippen MR) is 82.1 cm³/mol. The van der Waals surface area contributed by atoms with Crippen LogP contribution in [0.15, 0.2) is 17.0 Å². The van der Waals surface area contributed by atoms with Gasteiger partial charge in [-0.1, -0.05) is 37.0 Å². The molecule has 2 rings (SSSR count). The van der Waals surface area contributed by atoms with E-state index in [0.717, 1.165) is 6.42 Å². The van der Waals surface area contributed by atoms with Crippen LogP contribution in [0.1, 0.15) is 30.6 Å². The van der Waals surface area contributed by atoms with Crippen molar-refractivity contribution in [3.05, 3.63) is 27.7 Å². The SMILES string of the molecule is CC1(C)CCN(C(=O)c2cc(Cl)c(Cl)c(S(N)(=O)=O)c2)C1. The number of hydrogen-bond acceptors (Lipinski definition) is 3. The average Bonchev–Trinajstić information content (AvgIpc) is 2.70. The van der Waals surface area contributed by atoms with Crippen LogP contribution in [0.25, 0.3) is 0 Å². The first kappa shape index (κ1) is 16.5. The van der Waals surface area contributed by atoms with E-state index in [1.807, 2.05) is 0 Å². The number of hydrogen-bond donors (Lipinski definition) is 1. The van der Waals surface area contributed by atoms with Crippen molar-refractivity contribution in [3.63, 3.8) is 0 Å². The van der Waals surface area contributed by atoms with E-state index in [4.69, 9.17) is 28.3 Å². The summed E-state index contributed by atoms with van der Waals surface area (Å²) >= 11 is 11.8. The summed E-state index contributed by atoms with van der Waals surface area (Å²) in [6.45, 7) is 5.38. The van der Waals surface area contributed by atoms with Crippen LogP contribution in [0.2, 0.25) is 10.0 Å². The van der Waals surface area contributed by atoms with Gasteiger partial charge >= 0.3 is 0 Å². The highest BCUT2D eigenvalue weighted by molar-refractivity contribution is 7.89. The van der Waals surface area contributed by atoms with E-state index >= 15 is 0 Å². The Kier molecular flexibility index (Phi) is 4.28. The third-order valence-electron chi connectivity index (χ3n) is 3.51. The first-order valence-electron chi connectivity index (χ1n) is 6.32. The summed E-state index contributed by atoms with van der Waals surface area (Å²) in [7, 11) is -4.05. The fourth-order valence-corrected chi connectivity index (χ4v) is 3.72. The van der Waals surface area contributed by atoms with Crippen molar-refractivity contribution in [1.82, 2.24) is 4.90 Å². The maximum Gasteiger partial charge on any atom is 0.253 e. The molecule has 1 fully saturated rings. The van der Waals surface area contributed by atoms with Gasteiger partial charge < -0.3 is 4.90 Å². The molecule has 0 saturated carbocycles. The fourth-order valence-electron chi connectivity index (χ4n) is 2.36. The van der Waals surface area contributed by atoms with Crippen molar-refractivity contribution >= 4 is 39.1 Å². The Balaban J connectivity index is 2.42. The second-order valence-corrected chi connectivity index (χ2v) is 8.27. The van der Waals surface area contributed by atoms with Crippen molar-refractivity contribution in [3.8, 4) is 0 Å². The van der Waals surface area contributed by atoms with Gasteiger partial charge in [-0.15, -0.1) is 0 Å². The molecule has 1 amide bonds. The number of carbonyl (C=O) groups is 1. The number of primary sulfonamides is 1. The van der Waals surface area contributed by atoms with Crippen molar-refractivity contribution in [2.45, 2.75) is 25.2 Å². The minimum Gasteiger partial charge on any atom is -0.338 e. The topological polar surface area (TPSA) is 80.5 Å². The number of amides is 1. The molecule has 21 heavy (non-hydrogen) atoms. The molecule has 116 valence electrons. The molecular formula is C13H16Cl2N2O3S. The van der Waals surface area contributed by atoms with Gasteiger partial charge in [-0.2, -0.15) is 0 Å². The number of halogens is 2. The van der Waals surface area contributed by atoms with E-state index in [1.165, 1.54) is 12.1 Å². The van der Waals surface area contributed by atoms with Gasteiger partial charge in [0.2, 0.25) is 10.0 Å². The minimum absolute atomic E-state index is 0.00926. The standard InChI is InChI=1S/C13H16Cl2N2O3S/c1-13(2)3-4-17(7-13)12(18)8-5-9(14)11(15)10(6-8)21(16,19)20/h5-6H,3-4,7H2,1-2H3,(H2,16,19,20). The van der Waals surface area contributed by atoms with Crippen LogP contribution < -0.4 is 5.14 Å². The predicted octanol–water partition coefficient (Wildman–Crippen LogP) is 2.51. The summed E-state index contributed by atoms with van der Waals surface area (Å²) < 4.78 is 23.0. The molecule has 1 aliphatic heterocycles. The maximum atomic E-state index is 12.5. The second-order valence-electron chi connectivity index (χ2n) is 5.96. The van der Waals surface area contributed by atoms with Crippen molar-refractivity contribution < 1.29 is 13.2 Å². The van der Waals surface area contributed by atoms with Gasteiger partial charge in [0, 0.05) is 18.7 Å². The Morgan fingerprint density at radius 3 is 2.43 bits per heavy atom. The molecule has 5 nitrogen and oxygen atoms in total. The highest BCUT2D eigenvalue weighted by atomic mass is 35.5. The molecule has 0 bridgehead atoms. The van der Waals surface area contributed by atoms with E-state index in [-0.39, 0.29) is 31.8 Å². The number of rotatable bonds is 2. The van der Waals surface area contributed by atoms with Gasteiger partial charge in [-0.05, 0) is 24.0 Å². The van der Waals surface area contributed by atoms with Gasteiger partial charge in [0.15, 0.2) is 0 Å². The van der Waals surface area contributed by atoms with Crippen LogP contribution in [-0.4, -0.2) is 32.3 Å². The second kappa shape index (κ2) is 5.43. The van der Waals surface area contributed by atoms with Crippen LogP contribution in [0.5, 0.6) is 0 Å². The molecule has 1 aromatic rings. The first-order chi connectivity index (χ1) is 9.51. The van der Waals surface area contributed by atoms with Gasteiger partial charge in [0.05, 0.1) is 10.0 Å². The monoisotopic (exact) mass is 350 g/mol. The molecule has 8 heteroatoms. The molecule has 1 aromatic carbocycles. The normalized spacial score (nSPS) is 18.0. The fraction of sp³-hybridized carbons (Fsp3) is 0.462. The molecule has 0 aliphatic carbocycles. The Morgan fingerprint density at radius 2 is 1.95 bits per heavy atom. The third kappa shape index (κ3) is 3.51. The van der Waals surface area contributed by atoms with E-state index in [1.54, 1.807) is 4.90 Å². The van der Waals surface area contributed by atoms with Crippen molar-refractivity contribution in [1.29, 1.82) is 0 Å². The molecular weight excluding hydrogens is 335 g/mol. The minimum atomic E-state index is -4.05. The maximum absolute atomic E-state index is 12.5. The van der Waals surface area contributed by atoms with Crippen molar-refractivity contribution in [2.24, 2.45) is 10.6 Å². The molecule has 2 N–H and O–H groups in total. The summed E-state index contributed by atoms with van der Waals surface area (Å²) in [6, 6.07) is 2.55. The lowest BCUT2D eigenvalue weighted by Crippen LogP contribution is -2.30. The Hall–Kier alpha value is -0.820. The number of carbonyl (C=O) groups excluding carboxylic acids is 1. The number of nitrogens with zero attached hydrogens (tertiary/aromatic N) is 1. The zero-order chi connectivity index (χ0) is 16.0. The largest absolute Gasteiger partial charge is 0.338 e. The van der Waals surface area contributed by atoms with Gasteiger partial charge in [0.25, 0.3) is 5.91 Å². The van der Waals surface area contributed by atoms with Gasteiger partial charge in [-0.3, -0.25) is 4.79 Å². The lowest BCUT2D eigenvalue weighted by molar-refractivity contribution is 0.0778. The molecule has 1 aliphatic rings. The number of nitrogens with two attached hydrogens (primary N) is 1. The quantitative estimate of drug-likeness (QED) is 0.889. The summed E-state index contributed by atoms with van der Waals surface area (Å²) in [6.07, 6.45) is 0.891. The van der Waals surface area contributed by atoms with Crippen LogP contribution in [0.3, 0.4) is 0 Å². The van der Waals surface area contributed by atoms with E-state index in [0.29, 0.717) is 13.1 Å². The number of benzene rings is 1. The Bertz CT molecular complexity index is 702. The molecule has 0 unspecified atom stereocenters. The highest BCUT2D eigenvalue weighted by Crippen LogP contribution is 2.33. The number of sulfonamides is 1. The lowest BCUT2D eigenvalue weighted by atomic mass is 9.93. The number of likely N-dealkylation sites (tertiary alicyclic amines) is 1. The molecule has 0 radical (unpaired) electrons. The van der Waals surface area contributed by atoms with E-state index in [9.17, 15) is 13.2 Å². The summed E-state index contributed by atoms with van der Waals surface area (Å²) in [5.74, 6) is -0.274. The average molecular weight is 351 g/mol. The van der Waals surface area contributed by atoms with Crippen molar-refractivity contribution in [2.75, 3.05) is 13.1 Å². The Morgan fingerprint density at radius 1 is 1.33 bits per heavy atom. The lowest BCUT2D eigenvalue weighted by Gasteiger charge is -2.20. The van der Waals surface area contributed by atoms with Crippen LogP contribution in [-0.2, 0) is 10.0 Å². The third-order valence-corrected chi connectivity index (χ3v) is 5.36. The van der Waals surface area contributed by atoms with E-state index < -0.39 is 10.0 Å². The molecule has 0 spiro atoms. The highest BCUT2D eigenvalue weighted by Gasteiger charge is 2.33. The van der Waals surface area contributed by atoms with Crippen LogP contribution in [0.4, 0.5) is 0 Å². The van der Waals surface area contributed by atoms with E-state index in [2.05, 4.69) is 13.8 Å². The van der Waals surface area contributed by atoms with Crippen LogP contribution >= 0.6 is 23.2 Å². The summed E-state index contributed by atoms with van der Waals surface area (Å²) in [5, 5.41) is 4.92. The molecule has 0 atom stereocenters. The first-order valence-corrected chi connectivity index (χ1v) is 8.63. The zero-order valence-electron chi connectivity index (χ0n) is 11.7. The smallest absolute Gasteiger partial charge is 0.253 e. The molecule has 1 heterocycles. The van der Waals surface area contributed by atoms with Gasteiger partial charge in [-0.25, -0.2) is 13.6 Å². The Labute approximate surface area is 134 Å². The zero-order valence-corrected chi connectivity index (χ0v) is 14.0. The molecule has 0 aromatic heterocycles. The summed E-state index contributed by atoms with van der Waals surface area (Å²) in [4.78, 5) is 13.8. The van der Waals surface area contributed by atoms with Crippen LogP contribution in [0, 0.1) is 5.41 Å². The summed E-state index contributed by atoms with van der Waals surface area (Å²) in [5.41, 5.74) is 0.223. The molecule has 1 saturated heterocycles. The van der Waals surface area contributed by atoms with Gasteiger partial charge in [0.1, 0.15) is 4.90 Å².